The van der Waals surface area contributed by atoms with Crippen molar-refractivity contribution in [2.24, 2.45) is 0 Å². The van der Waals surface area contributed by atoms with Crippen LogP contribution in [0.1, 0.15) is 102 Å². The van der Waals surface area contributed by atoms with Gasteiger partial charge in [0.2, 0.25) is 27.7 Å². The van der Waals surface area contributed by atoms with Crippen LogP contribution in [0.5, 0.6) is 17.4 Å². The molecule has 0 spiro atoms. The first-order valence-corrected chi connectivity index (χ1v) is 20.9. The molecule has 1 aromatic heterocycles. The Bertz CT molecular complexity index is 1800. The summed E-state index contributed by atoms with van der Waals surface area (Å²) in [7, 11) is -0.738. The minimum atomic E-state index is -3.86. The number of pyridine rings is 1. The number of aromatic nitrogens is 1. The average Bonchev–Trinajstić information content (AvgIpc) is 3.94. The zero-order valence-corrected chi connectivity index (χ0v) is 32.0. The quantitative estimate of drug-likeness (QED) is 0.398. The summed E-state index contributed by atoms with van der Waals surface area (Å²) in [4.78, 5) is 61.2. The molecule has 1 unspecified atom stereocenters. The summed E-state index contributed by atoms with van der Waals surface area (Å²) in [5, 5.41) is 5.68. The molecule has 3 N–H and O–H groups in total. The number of rotatable bonds is 5. The molecule has 3 aliphatic heterocycles. The molecule has 4 heterocycles. The molecule has 5 bridgehead atoms. The Balaban J connectivity index is 1.35. The molecule has 1 aromatic carbocycles. The van der Waals surface area contributed by atoms with E-state index in [0.717, 1.165) is 62.3 Å². The van der Waals surface area contributed by atoms with Gasteiger partial charge in [-0.05, 0) is 56.6 Å². The van der Waals surface area contributed by atoms with Gasteiger partial charge in [-0.25, -0.2) is 18.2 Å². The Morgan fingerprint density at radius 1 is 0.889 bits per heavy atom. The van der Waals surface area contributed by atoms with Crippen molar-refractivity contribution in [2.45, 2.75) is 132 Å². The maximum absolute atomic E-state index is 14.5. The van der Waals surface area contributed by atoms with Crippen LogP contribution in [-0.2, 0) is 35.6 Å². The lowest BCUT2D eigenvalue weighted by atomic mass is 10.0. The van der Waals surface area contributed by atoms with Gasteiger partial charge in [-0.1, -0.05) is 51.4 Å². The SMILES string of the molecule is COc1cc2c3cc(c(OC)cc3n1)CCCCCCOC(=O)N[C@H]1CCCCCCCCC(C(=O)NS(=O)(=O)C3CC3)NC(=O)[C@@H]3C[C@H](CN3C1=O)O2. The third kappa shape index (κ3) is 9.85. The molecule has 15 nitrogen and oxygen atoms in total. The maximum atomic E-state index is 14.5. The molecule has 4 aliphatic rings. The van der Waals surface area contributed by atoms with E-state index in [4.69, 9.17) is 18.9 Å². The number of carbonyl (C=O) groups excluding carboxylic acids is 4. The first-order valence-electron chi connectivity index (χ1n) is 19.4. The second-order valence-electron chi connectivity index (χ2n) is 14.8. The summed E-state index contributed by atoms with van der Waals surface area (Å²) in [5.41, 5.74) is 1.56. The van der Waals surface area contributed by atoms with Gasteiger partial charge in [0.15, 0.2) is 0 Å². The van der Waals surface area contributed by atoms with Crippen molar-refractivity contribution in [1.29, 1.82) is 0 Å². The molecule has 54 heavy (non-hydrogen) atoms. The number of carbonyl (C=O) groups is 4. The number of sulfonamides is 1. The lowest BCUT2D eigenvalue weighted by molar-refractivity contribution is -0.141. The minimum absolute atomic E-state index is 0.00616. The van der Waals surface area contributed by atoms with Gasteiger partial charge in [0.05, 0.1) is 38.1 Å². The molecule has 4 amide bonds. The number of hydrogen-bond acceptors (Lipinski definition) is 11. The van der Waals surface area contributed by atoms with E-state index in [1.165, 1.54) is 12.0 Å². The van der Waals surface area contributed by atoms with E-state index in [1.807, 2.05) is 12.1 Å². The normalized spacial score (nSPS) is 25.4. The third-order valence-electron chi connectivity index (χ3n) is 10.7. The predicted octanol–water partition coefficient (Wildman–Crippen LogP) is 4.04. The number of nitrogens with zero attached hydrogens (tertiary/aromatic N) is 2. The highest BCUT2D eigenvalue weighted by molar-refractivity contribution is 7.90. The van der Waals surface area contributed by atoms with Crippen LogP contribution in [0.25, 0.3) is 10.9 Å². The molecule has 2 aromatic rings. The molecule has 296 valence electrons. The Kier molecular flexibility index (Phi) is 13.0. The number of amides is 4. The molecule has 1 aliphatic carbocycles. The lowest BCUT2D eigenvalue weighted by Crippen LogP contribution is -2.56. The van der Waals surface area contributed by atoms with Crippen molar-refractivity contribution in [3.63, 3.8) is 0 Å². The zero-order chi connectivity index (χ0) is 38.2. The van der Waals surface area contributed by atoms with Crippen molar-refractivity contribution >= 4 is 44.7 Å². The molecule has 4 atom stereocenters. The van der Waals surface area contributed by atoms with Crippen molar-refractivity contribution < 1.29 is 46.5 Å². The van der Waals surface area contributed by atoms with Crippen LogP contribution in [0.3, 0.4) is 0 Å². The third-order valence-corrected chi connectivity index (χ3v) is 12.6. The topological polar surface area (TPSA) is 192 Å². The maximum Gasteiger partial charge on any atom is 0.407 e. The number of cyclic esters (lactones) is 1. The van der Waals surface area contributed by atoms with Crippen LogP contribution >= 0.6 is 0 Å². The van der Waals surface area contributed by atoms with Gasteiger partial charge in [0, 0.05) is 23.9 Å². The number of ether oxygens (including phenoxy) is 4. The molecule has 0 radical (unpaired) electrons. The highest BCUT2D eigenvalue weighted by Gasteiger charge is 2.45. The van der Waals surface area contributed by atoms with E-state index in [9.17, 15) is 27.6 Å². The molecule has 1 saturated carbocycles. The number of benzene rings is 1. The number of hydrogen-bond donors (Lipinski definition) is 3. The van der Waals surface area contributed by atoms with Crippen LogP contribution in [0.15, 0.2) is 18.2 Å². The Morgan fingerprint density at radius 2 is 1.61 bits per heavy atom. The lowest BCUT2D eigenvalue weighted by Gasteiger charge is -2.29. The van der Waals surface area contributed by atoms with Crippen LogP contribution in [0.2, 0.25) is 0 Å². The second-order valence-corrected chi connectivity index (χ2v) is 16.8. The van der Waals surface area contributed by atoms with Crippen LogP contribution in [0, 0.1) is 0 Å². The van der Waals surface area contributed by atoms with E-state index in [2.05, 4.69) is 20.3 Å². The fourth-order valence-electron chi connectivity index (χ4n) is 7.58. The fourth-order valence-corrected chi connectivity index (χ4v) is 8.92. The summed E-state index contributed by atoms with van der Waals surface area (Å²) in [5.74, 6) is -0.414. The van der Waals surface area contributed by atoms with Crippen LogP contribution in [0.4, 0.5) is 4.79 Å². The molecule has 6 rings (SSSR count). The molecule has 16 heteroatoms. The zero-order valence-electron chi connectivity index (χ0n) is 31.2. The predicted molar refractivity (Wildman–Crippen MR) is 199 cm³/mol. The van der Waals surface area contributed by atoms with E-state index < -0.39 is 63.3 Å². The van der Waals surface area contributed by atoms with E-state index in [1.54, 1.807) is 13.2 Å². The minimum Gasteiger partial charge on any atom is -0.496 e. The summed E-state index contributed by atoms with van der Waals surface area (Å²) in [6.07, 6.45) is 8.90. The van der Waals surface area contributed by atoms with Crippen molar-refractivity contribution in [3.8, 4) is 17.4 Å². The Hall–Kier alpha value is -4.34. The monoisotopic (exact) mass is 771 g/mol. The highest BCUT2D eigenvalue weighted by Crippen LogP contribution is 2.36. The Labute approximate surface area is 316 Å². The van der Waals surface area contributed by atoms with Crippen molar-refractivity contribution in [3.05, 3.63) is 23.8 Å². The number of fused-ring (bicyclic) bond motifs is 3. The molecular weight excluding hydrogens is 719 g/mol. The molecule has 2 saturated heterocycles. The van der Waals surface area contributed by atoms with Crippen molar-refractivity contribution in [1.82, 2.24) is 25.2 Å². The number of alkyl carbamates (subject to hydrolysis) is 1. The Morgan fingerprint density at radius 3 is 2.35 bits per heavy atom. The molecular formula is C38H53N5O10S. The van der Waals surface area contributed by atoms with Gasteiger partial charge in [0.25, 0.3) is 5.91 Å². The highest BCUT2D eigenvalue weighted by atomic mass is 32.2. The molecule has 3 fully saturated rings. The number of methoxy groups -OCH3 is 2. The van der Waals surface area contributed by atoms with Gasteiger partial charge < -0.3 is 34.5 Å². The summed E-state index contributed by atoms with van der Waals surface area (Å²) in [6.45, 7) is 0.208. The largest absolute Gasteiger partial charge is 0.496 e. The van der Waals surface area contributed by atoms with Gasteiger partial charge in [-0.15, -0.1) is 0 Å². The summed E-state index contributed by atoms with van der Waals surface area (Å²) in [6, 6.07) is 2.36. The van der Waals surface area contributed by atoms with Gasteiger partial charge in [-0.2, -0.15) is 0 Å². The smallest absolute Gasteiger partial charge is 0.407 e. The number of nitrogens with one attached hydrogen (secondary N) is 3. The van der Waals surface area contributed by atoms with E-state index >= 15 is 0 Å². The number of aryl methyl sites for hydroxylation is 1. The van der Waals surface area contributed by atoms with Gasteiger partial charge in [-0.3, -0.25) is 19.1 Å². The second kappa shape index (κ2) is 17.9. The average molecular weight is 772 g/mol. The van der Waals surface area contributed by atoms with Crippen molar-refractivity contribution in [2.75, 3.05) is 27.4 Å². The summed E-state index contributed by atoms with van der Waals surface area (Å²) >= 11 is 0. The van der Waals surface area contributed by atoms with E-state index in [0.29, 0.717) is 61.4 Å². The van der Waals surface area contributed by atoms with Gasteiger partial charge in [0.1, 0.15) is 35.7 Å². The van der Waals surface area contributed by atoms with Crippen LogP contribution in [-0.4, -0.2) is 99.0 Å². The van der Waals surface area contributed by atoms with E-state index in [-0.39, 0.29) is 26.0 Å². The summed E-state index contributed by atoms with van der Waals surface area (Å²) < 4.78 is 51.0. The fraction of sp³-hybridized carbons (Fsp3) is 0.658. The first-order chi connectivity index (χ1) is 26.1. The van der Waals surface area contributed by atoms with Crippen LogP contribution < -0.4 is 29.6 Å². The standard InChI is InChI=1S/C38H53N5O10S/c1-50-32-21-30-27-19-24(32)13-9-7-8-12-18-52-38(47)41-29-15-11-6-4-3-5-10-14-28(35(44)42-54(48,49)26-16-17-26)40-36(45)31-20-25(23-43(31)37(29)46)53-33(27)22-34(39-30)51-2/h19,21-22,25-26,28-29,31H,3-18,20,23H2,1-2H3,(H,40,45)(H,41,47)(H,42,44)/t25-,28?,29+,31+/m1/s1. The first kappa shape index (κ1) is 39.4. The van der Waals surface area contributed by atoms with Gasteiger partial charge >= 0.3 is 6.09 Å².